The zero-order chi connectivity index (χ0) is 9.61. The number of aromatic nitrogens is 1. The molecule has 0 bridgehead atoms. The number of hydrogen-bond acceptors (Lipinski definition) is 2. The lowest BCUT2D eigenvalue weighted by Crippen LogP contribution is -2.29. The molecule has 0 fully saturated rings. The van der Waals surface area contributed by atoms with E-state index in [-0.39, 0.29) is 5.54 Å². The fourth-order valence-corrected chi connectivity index (χ4v) is 0.744. The first kappa shape index (κ1) is 11.1. The summed E-state index contributed by atoms with van der Waals surface area (Å²) in [5.41, 5.74) is 6.40. The SMILES string of the molecule is CC.CC(C)(N)c1ccccn1. The highest BCUT2D eigenvalue weighted by atomic mass is 14.8. The van der Waals surface area contributed by atoms with E-state index in [0.29, 0.717) is 0 Å². The van der Waals surface area contributed by atoms with Crippen LogP contribution in [0.2, 0.25) is 0 Å². The van der Waals surface area contributed by atoms with Crippen LogP contribution in [0.4, 0.5) is 0 Å². The van der Waals surface area contributed by atoms with Crippen LogP contribution < -0.4 is 5.73 Å². The Bertz CT molecular complexity index is 199. The van der Waals surface area contributed by atoms with Crippen LogP contribution in [-0.4, -0.2) is 4.98 Å². The second-order valence-corrected chi connectivity index (χ2v) is 2.94. The Morgan fingerprint density at radius 1 is 1.25 bits per heavy atom. The monoisotopic (exact) mass is 166 g/mol. The molecule has 0 aliphatic carbocycles. The van der Waals surface area contributed by atoms with Crippen molar-refractivity contribution in [1.82, 2.24) is 4.98 Å². The molecular formula is C10H18N2. The van der Waals surface area contributed by atoms with Gasteiger partial charge < -0.3 is 5.73 Å². The molecule has 0 aromatic carbocycles. The molecule has 1 aromatic rings. The van der Waals surface area contributed by atoms with Crippen molar-refractivity contribution in [1.29, 1.82) is 0 Å². The van der Waals surface area contributed by atoms with Gasteiger partial charge in [-0.15, -0.1) is 0 Å². The van der Waals surface area contributed by atoms with E-state index in [0.717, 1.165) is 5.69 Å². The molecule has 2 nitrogen and oxygen atoms in total. The molecule has 0 saturated carbocycles. The van der Waals surface area contributed by atoms with E-state index < -0.39 is 0 Å². The summed E-state index contributed by atoms with van der Waals surface area (Å²) in [5.74, 6) is 0. The van der Waals surface area contributed by atoms with Crippen molar-refractivity contribution in [3.05, 3.63) is 30.1 Å². The zero-order valence-corrected chi connectivity index (χ0v) is 8.33. The summed E-state index contributed by atoms with van der Waals surface area (Å²) >= 11 is 0. The third-order valence-electron chi connectivity index (χ3n) is 1.33. The van der Waals surface area contributed by atoms with Crippen LogP contribution >= 0.6 is 0 Å². The van der Waals surface area contributed by atoms with Gasteiger partial charge in [0.15, 0.2) is 0 Å². The summed E-state index contributed by atoms with van der Waals surface area (Å²) in [4.78, 5) is 4.12. The third-order valence-corrected chi connectivity index (χ3v) is 1.33. The van der Waals surface area contributed by atoms with Gasteiger partial charge in [-0.1, -0.05) is 19.9 Å². The van der Waals surface area contributed by atoms with Crippen molar-refractivity contribution in [3.63, 3.8) is 0 Å². The van der Waals surface area contributed by atoms with Crippen molar-refractivity contribution in [2.45, 2.75) is 33.2 Å². The summed E-state index contributed by atoms with van der Waals surface area (Å²) in [7, 11) is 0. The first-order chi connectivity index (χ1) is 5.61. The second-order valence-electron chi connectivity index (χ2n) is 2.94. The molecule has 0 unspecified atom stereocenters. The van der Waals surface area contributed by atoms with Crippen LogP contribution in [-0.2, 0) is 5.54 Å². The molecular weight excluding hydrogens is 148 g/mol. The Hall–Kier alpha value is -0.890. The van der Waals surface area contributed by atoms with Crippen LogP contribution in [0.15, 0.2) is 24.4 Å². The molecule has 12 heavy (non-hydrogen) atoms. The van der Waals surface area contributed by atoms with Crippen LogP contribution in [0, 0.1) is 0 Å². The van der Waals surface area contributed by atoms with Crippen molar-refractivity contribution < 1.29 is 0 Å². The summed E-state index contributed by atoms with van der Waals surface area (Å²) in [6.07, 6.45) is 1.75. The van der Waals surface area contributed by atoms with Gasteiger partial charge in [0.2, 0.25) is 0 Å². The highest BCUT2D eigenvalue weighted by molar-refractivity contribution is 5.11. The van der Waals surface area contributed by atoms with Gasteiger partial charge in [-0.2, -0.15) is 0 Å². The van der Waals surface area contributed by atoms with E-state index in [2.05, 4.69) is 4.98 Å². The van der Waals surface area contributed by atoms with Gasteiger partial charge >= 0.3 is 0 Å². The third kappa shape index (κ3) is 3.49. The van der Waals surface area contributed by atoms with E-state index in [9.17, 15) is 0 Å². The number of rotatable bonds is 1. The van der Waals surface area contributed by atoms with E-state index >= 15 is 0 Å². The summed E-state index contributed by atoms with van der Waals surface area (Å²) in [5, 5.41) is 0. The molecule has 0 amide bonds. The Labute approximate surface area is 74.8 Å². The number of hydrogen-bond donors (Lipinski definition) is 1. The molecule has 68 valence electrons. The Morgan fingerprint density at radius 3 is 2.08 bits per heavy atom. The summed E-state index contributed by atoms with van der Waals surface area (Å²) in [6, 6.07) is 5.76. The van der Waals surface area contributed by atoms with Crippen LogP contribution in [0.3, 0.4) is 0 Å². The number of pyridine rings is 1. The highest BCUT2D eigenvalue weighted by Crippen LogP contribution is 2.11. The van der Waals surface area contributed by atoms with E-state index in [1.165, 1.54) is 0 Å². The van der Waals surface area contributed by atoms with Crippen molar-refractivity contribution in [2.75, 3.05) is 0 Å². The Morgan fingerprint density at radius 2 is 1.83 bits per heavy atom. The first-order valence-corrected chi connectivity index (χ1v) is 4.31. The minimum atomic E-state index is -0.318. The topological polar surface area (TPSA) is 38.9 Å². The summed E-state index contributed by atoms with van der Waals surface area (Å²) < 4.78 is 0. The van der Waals surface area contributed by atoms with Gasteiger partial charge in [-0.05, 0) is 26.0 Å². The number of nitrogens with zero attached hydrogens (tertiary/aromatic N) is 1. The predicted molar refractivity (Wildman–Crippen MR) is 52.8 cm³/mol. The van der Waals surface area contributed by atoms with Gasteiger partial charge in [0.25, 0.3) is 0 Å². The Kier molecular flexibility index (Phi) is 4.52. The standard InChI is InChI=1S/C8H12N2.C2H6/c1-8(2,9)7-5-3-4-6-10-7;1-2/h3-6H,9H2,1-2H3;1-2H3. The van der Waals surface area contributed by atoms with Gasteiger partial charge in [-0.25, -0.2) is 0 Å². The maximum atomic E-state index is 5.79. The molecule has 1 aromatic heterocycles. The second kappa shape index (κ2) is 4.88. The largest absolute Gasteiger partial charge is 0.321 e. The predicted octanol–water partition coefficient (Wildman–Crippen LogP) is 2.30. The molecule has 0 aliphatic heterocycles. The average molecular weight is 166 g/mol. The molecule has 1 rings (SSSR count). The lowest BCUT2D eigenvalue weighted by Gasteiger charge is -2.16. The smallest absolute Gasteiger partial charge is 0.0596 e. The number of nitrogens with two attached hydrogens (primary N) is 1. The van der Waals surface area contributed by atoms with Gasteiger partial charge in [0, 0.05) is 6.20 Å². The van der Waals surface area contributed by atoms with Gasteiger partial charge in [-0.3, -0.25) is 4.98 Å². The Balaban J connectivity index is 0.000000561. The first-order valence-electron chi connectivity index (χ1n) is 4.31. The maximum absolute atomic E-state index is 5.79. The molecule has 0 radical (unpaired) electrons. The molecule has 1 heterocycles. The maximum Gasteiger partial charge on any atom is 0.0596 e. The van der Waals surface area contributed by atoms with Crippen LogP contribution in [0.25, 0.3) is 0 Å². The minimum Gasteiger partial charge on any atom is -0.321 e. The van der Waals surface area contributed by atoms with Crippen molar-refractivity contribution in [2.24, 2.45) is 5.73 Å². The summed E-state index contributed by atoms with van der Waals surface area (Å²) in [6.45, 7) is 7.88. The molecule has 0 atom stereocenters. The van der Waals surface area contributed by atoms with Crippen molar-refractivity contribution in [3.8, 4) is 0 Å². The van der Waals surface area contributed by atoms with E-state index in [4.69, 9.17) is 5.73 Å². The highest BCUT2D eigenvalue weighted by Gasteiger charge is 2.13. The lowest BCUT2D eigenvalue weighted by atomic mass is 10.0. The minimum absolute atomic E-state index is 0.318. The van der Waals surface area contributed by atoms with Gasteiger partial charge in [0.05, 0.1) is 11.2 Å². The normalized spacial score (nSPS) is 10.1. The molecule has 0 spiro atoms. The van der Waals surface area contributed by atoms with Crippen LogP contribution in [0.1, 0.15) is 33.4 Å². The van der Waals surface area contributed by atoms with Gasteiger partial charge in [0.1, 0.15) is 0 Å². The molecule has 0 aliphatic rings. The zero-order valence-electron chi connectivity index (χ0n) is 8.33. The van der Waals surface area contributed by atoms with E-state index in [1.807, 2.05) is 45.9 Å². The fourth-order valence-electron chi connectivity index (χ4n) is 0.744. The quantitative estimate of drug-likeness (QED) is 0.695. The lowest BCUT2D eigenvalue weighted by molar-refractivity contribution is 0.535. The average Bonchev–Trinajstić information content (AvgIpc) is 2.08. The molecule has 2 N–H and O–H groups in total. The van der Waals surface area contributed by atoms with Crippen molar-refractivity contribution >= 4 is 0 Å². The van der Waals surface area contributed by atoms with Crippen LogP contribution in [0.5, 0.6) is 0 Å². The van der Waals surface area contributed by atoms with E-state index in [1.54, 1.807) is 6.20 Å². The molecule has 2 heteroatoms. The fraction of sp³-hybridized carbons (Fsp3) is 0.500. The molecule has 0 saturated heterocycles.